The first kappa shape index (κ1) is 13.9. The van der Waals surface area contributed by atoms with Crippen LogP contribution < -0.4 is 5.32 Å². The fourth-order valence-corrected chi connectivity index (χ4v) is 3.57. The molecule has 2 aliphatic carbocycles. The smallest absolute Gasteiger partial charge is 0.307 e. The summed E-state index contributed by atoms with van der Waals surface area (Å²) in [5.41, 5.74) is 1.94. The molecular formula is C17H19NO3. The molecule has 0 radical (unpaired) electrons. The number of allylic oxidation sites excluding steroid dienone is 2. The predicted molar refractivity (Wildman–Crippen MR) is 79.8 cm³/mol. The lowest BCUT2D eigenvalue weighted by Crippen LogP contribution is -2.36. The maximum Gasteiger partial charge on any atom is 0.307 e. The zero-order valence-corrected chi connectivity index (χ0v) is 12.0. The van der Waals surface area contributed by atoms with Crippen LogP contribution in [0.1, 0.15) is 18.9 Å². The van der Waals surface area contributed by atoms with Gasteiger partial charge in [-0.3, -0.25) is 9.59 Å². The Bertz CT molecular complexity index is 591. The van der Waals surface area contributed by atoms with Crippen molar-refractivity contribution in [2.45, 2.75) is 19.8 Å². The molecule has 0 heterocycles. The Hall–Kier alpha value is -2.10. The van der Waals surface area contributed by atoms with Gasteiger partial charge in [0.1, 0.15) is 0 Å². The van der Waals surface area contributed by atoms with Gasteiger partial charge in [-0.1, -0.05) is 31.2 Å². The van der Waals surface area contributed by atoms with E-state index in [4.69, 9.17) is 0 Å². The van der Waals surface area contributed by atoms with E-state index in [1.807, 2.05) is 36.4 Å². The molecule has 21 heavy (non-hydrogen) atoms. The first-order valence-electron chi connectivity index (χ1n) is 7.41. The Morgan fingerprint density at radius 2 is 1.76 bits per heavy atom. The van der Waals surface area contributed by atoms with Gasteiger partial charge in [0.25, 0.3) is 0 Å². The number of rotatable bonds is 4. The van der Waals surface area contributed by atoms with Crippen LogP contribution in [0.4, 0.5) is 5.69 Å². The molecule has 4 atom stereocenters. The lowest BCUT2D eigenvalue weighted by atomic mass is 9.82. The van der Waals surface area contributed by atoms with E-state index in [0.29, 0.717) is 0 Å². The van der Waals surface area contributed by atoms with E-state index in [-0.39, 0.29) is 17.7 Å². The Morgan fingerprint density at radius 3 is 2.33 bits per heavy atom. The van der Waals surface area contributed by atoms with E-state index in [1.54, 1.807) is 0 Å². The van der Waals surface area contributed by atoms with Gasteiger partial charge in [0.05, 0.1) is 11.8 Å². The van der Waals surface area contributed by atoms with Gasteiger partial charge >= 0.3 is 5.97 Å². The van der Waals surface area contributed by atoms with Gasteiger partial charge in [0.2, 0.25) is 5.91 Å². The van der Waals surface area contributed by atoms with E-state index in [2.05, 4.69) is 12.2 Å². The average molecular weight is 285 g/mol. The number of anilines is 1. The number of fused-ring (bicyclic) bond motifs is 2. The molecule has 2 aliphatic rings. The minimum atomic E-state index is -0.867. The first-order valence-corrected chi connectivity index (χ1v) is 7.41. The minimum absolute atomic E-state index is 0.00529. The molecule has 0 aromatic heterocycles. The maximum atomic E-state index is 12.5. The summed E-state index contributed by atoms with van der Waals surface area (Å²) < 4.78 is 0. The van der Waals surface area contributed by atoms with E-state index in [0.717, 1.165) is 18.5 Å². The van der Waals surface area contributed by atoms with Gasteiger partial charge < -0.3 is 10.4 Å². The van der Waals surface area contributed by atoms with Gasteiger partial charge in [-0.15, -0.1) is 0 Å². The number of aryl methyl sites for hydroxylation is 1. The number of carboxylic acids is 1. The van der Waals surface area contributed by atoms with E-state index >= 15 is 0 Å². The molecule has 4 nitrogen and oxygen atoms in total. The summed E-state index contributed by atoms with van der Waals surface area (Å²) in [5.74, 6) is -2.02. The predicted octanol–water partition coefficient (Wildman–Crippen LogP) is 2.71. The van der Waals surface area contributed by atoms with Crippen LogP contribution in [0.5, 0.6) is 0 Å². The summed E-state index contributed by atoms with van der Waals surface area (Å²) >= 11 is 0. The van der Waals surface area contributed by atoms with E-state index in [9.17, 15) is 14.7 Å². The third-order valence-electron chi connectivity index (χ3n) is 4.68. The van der Waals surface area contributed by atoms with Crippen LogP contribution in [-0.4, -0.2) is 17.0 Å². The van der Waals surface area contributed by atoms with Crippen molar-refractivity contribution in [2.24, 2.45) is 23.7 Å². The third kappa shape index (κ3) is 2.46. The second-order valence-electron chi connectivity index (χ2n) is 5.88. The fraction of sp³-hybridized carbons (Fsp3) is 0.412. The van der Waals surface area contributed by atoms with Crippen molar-refractivity contribution in [3.63, 3.8) is 0 Å². The number of carboxylic acid groups (broad SMARTS) is 1. The van der Waals surface area contributed by atoms with Crippen LogP contribution in [0.15, 0.2) is 36.4 Å². The Kier molecular flexibility index (Phi) is 3.53. The molecule has 110 valence electrons. The van der Waals surface area contributed by atoms with Crippen molar-refractivity contribution in [3.05, 3.63) is 42.0 Å². The van der Waals surface area contributed by atoms with Crippen LogP contribution in [0.3, 0.4) is 0 Å². The second kappa shape index (κ2) is 5.35. The summed E-state index contributed by atoms with van der Waals surface area (Å²) in [4.78, 5) is 23.9. The van der Waals surface area contributed by atoms with Gasteiger partial charge in [-0.05, 0) is 42.4 Å². The molecule has 1 saturated carbocycles. The lowest BCUT2D eigenvalue weighted by Gasteiger charge is -2.23. The highest BCUT2D eigenvalue weighted by Gasteiger charge is 2.51. The number of amides is 1. The molecule has 1 aromatic carbocycles. The molecule has 1 aromatic rings. The SMILES string of the molecule is CCc1ccc(NC(=O)[C@H]2[C@@H](C(=O)O)[C@H]3C=C[C@H]2C3)cc1. The zero-order valence-electron chi connectivity index (χ0n) is 12.0. The standard InChI is InChI=1S/C17H19NO3/c1-2-10-3-7-13(8-4-10)18-16(19)14-11-5-6-12(9-11)15(14)17(20)21/h3-8,11-12,14-15H,2,9H2,1H3,(H,18,19)(H,20,21)/t11-,12-,14+,15-/m0/s1. The third-order valence-corrected chi connectivity index (χ3v) is 4.68. The first-order chi connectivity index (χ1) is 10.1. The topological polar surface area (TPSA) is 66.4 Å². The van der Waals surface area contributed by atoms with Gasteiger partial charge in [-0.2, -0.15) is 0 Å². The molecule has 0 aliphatic heterocycles. The molecule has 2 N–H and O–H groups in total. The number of hydrogen-bond acceptors (Lipinski definition) is 2. The number of hydrogen-bond donors (Lipinski definition) is 2. The molecule has 1 amide bonds. The van der Waals surface area contributed by atoms with Crippen molar-refractivity contribution >= 4 is 17.6 Å². The minimum Gasteiger partial charge on any atom is -0.481 e. The molecule has 2 bridgehead atoms. The van der Waals surface area contributed by atoms with Gasteiger partial charge in [0, 0.05) is 5.69 Å². The van der Waals surface area contributed by atoms with Crippen molar-refractivity contribution in [2.75, 3.05) is 5.32 Å². The Balaban J connectivity index is 1.75. The molecule has 1 fully saturated rings. The highest BCUT2D eigenvalue weighted by atomic mass is 16.4. The Labute approximate surface area is 123 Å². The molecular weight excluding hydrogens is 266 g/mol. The van der Waals surface area contributed by atoms with Crippen LogP contribution in [0.2, 0.25) is 0 Å². The number of carbonyl (C=O) groups excluding carboxylic acids is 1. The molecule has 0 unspecified atom stereocenters. The van der Waals surface area contributed by atoms with Crippen LogP contribution >= 0.6 is 0 Å². The quantitative estimate of drug-likeness (QED) is 0.836. The summed E-state index contributed by atoms with van der Waals surface area (Å²) in [7, 11) is 0. The molecule has 0 saturated heterocycles. The summed E-state index contributed by atoms with van der Waals surface area (Å²) in [6.45, 7) is 2.08. The molecule has 4 heteroatoms. The highest BCUT2D eigenvalue weighted by Crippen LogP contribution is 2.48. The number of benzene rings is 1. The number of aliphatic carboxylic acids is 1. The molecule has 0 spiro atoms. The lowest BCUT2D eigenvalue weighted by molar-refractivity contribution is -0.146. The van der Waals surface area contributed by atoms with Gasteiger partial charge in [0.15, 0.2) is 0 Å². The summed E-state index contributed by atoms with van der Waals surface area (Å²) in [5, 5.41) is 12.2. The van der Waals surface area contributed by atoms with Crippen LogP contribution in [-0.2, 0) is 16.0 Å². The van der Waals surface area contributed by atoms with E-state index < -0.39 is 17.8 Å². The summed E-state index contributed by atoms with van der Waals surface area (Å²) in [6, 6.07) is 7.70. The van der Waals surface area contributed by atoms with Crippen molar-refractivity contribution < 1.29 is 14.7 Å². The van der Waals surface area contributed by atoms with Crippen molar-refractivity contribution in [1.82, 2.24) is 0 Å². The number of carbonyl (C=O) groups is 2. The molecule has 3 rings (SSSR count). The summed E-state index contributed by atoms with van der Waals surface area (Å²) in [6.07, 6.45) is 5.67. The van der Waals surface area contributed by atoms with Crippen LogP contribution in [0.25, 0.3) is 0 Å². The fourth-order valence-electron chi connectivity index (χ4n) is 3.57. The monoisotopic (exact) mass is 285 g/mol. The largest absolute Gasteiger partial charge is 0.481 e. The van der Waals surface area contributed by atoms with Crippen molar-refractivity contribution in [3.8, 4) is 0 Å². The highest BCUT2D eigenvalue weighted by molar-refractivity contribution is 5.96. The Morgan fingerprint density at radius 1 is 1.14 bits per heavy atom. The van der Waals surface area contributed by atoms with E-state index in [1.165, 1.54) is 5.56 Å². The second-order valence-corrected chi connectivity index (χ2v) is 5.88. The zero-order chi connectivity index (χ0) is 15.0. The maximum absolute atomic E-state index is 12.5. The average Bonchev–Trinajstić information content (AvgIpc) is 3.08. The van der Waals surface area contributed by atoms with Crippen molar-refractivity contribution in [1.29, 1.82) is 0 Å². The number of nitrogens with one attached hydrogen (secondary N) is 1. The van der Waals surface area contributed by atoms with Crippen LogP contribution in [0, 0.1) is 23.7 Å². The van der Waals surface area contributed by atoms with Gasteiger partial charge in [-0.25, -0.2) is 0 Å². The normalized spacial score (nSPS) is 29.6.